The molecule has 1 aromatic heterocycles. The first-order chi connectivity index (χ1) is 7.25. The average molecular weight is 244 g/mol. The van der Waals surface area contributed by atoms with Crippen molar-refractivity contribution in [1.29, 1.82) is 0 Å². The third kappa shape index (κ3) is 3.08. The van der Waals surface area contributed by atoms with E-state index >= 15 is 0 Å². The Kier molecular flexibility index (Phi) is 4.52. The van der Waals surface area contributed by atoms with Crippen molar-refractivity contribution in [1.82, 2.24) is 0 Å². The van der Waals surface area contributed by atoms with Crippen molar-refractivity contribution in [2.75, 3.05) is 17.7 Å². The van der Waals surface area contributed by atoms with Gasteiger partial charge in [-0.25, -0.2) is 15.1 Å². The second-order valence-electron chi connectivity index (χ2n) is 3.53. The zero-order valence-corrected chi connectivity index (χ0v) is 9.46. The minimum atomic E-state index is -0.309. The molecule has 0 saturated carbocycles. The number of hydrogen-bond acceptors (Lipinski definition) is 3. The van der Waals surface area contributed by atoms with Crippen LogP contribution in [0.4, 0.5) is 11.5 Å². The SMILES string of the molecule is Nc1ccc(NC(=O)C2CCCO2)[nH+]c1.[Cl-]. The molecule has 1 saturated heterocycles. The van der Waals surface area contributed by atoms with E-state index in [0.717, 1.165) is 12.8 Å². The number of pyridine rings is 1. The monoisotopic (exact) mass is 243 g/mol. The molecule has 4 N–H and O–H groups in total. The molecule has 1 aliphatic rings. The number of halogens is 1. The summed E-state index contributed by atoms with van der Waals surface area (Å²) in [4.78, 5) is 14.5. The molecular formula is C10H14ClN3O2. The highest BCUT2D eigenvalue weighted by Gasteiger charge is 2.27. The summed E-state index contributed by atoms with van der Waals surface area (Å²) in [6.45, 7) is 0.670. The Labute approximate surface area is 99.8 Å². The summed E-state index contributed by atoms with van der Waals surface area (Å²) in [5.41, 5.74) is 6.14. The molecule has 1 unspecified atom stereocenters. The van der Waals surface area contributed by atoms with Gasteiger partial charge in [0.25, 0.3) is 5.82 Å². The van der Waals surface area contributed by atoms with Crippen LogP contribution >= 0.6 is 0 Å². The molecule has 16 heavy (non-hydrogen) atoms. The van der Waals surface area contributed by atoms with Crippen LogP contribution in [0, 0.1) is 0 Å². The van der Waals surface area contributed by atoms with Gasteiger partial charge in [0, 0.05) is 12.7 Å². The van der Waals surface area contributed by atoms with Crippen molar-refractivity contribution in [3.8, 4) is 0 Å². The molecule has 1 aliphatic heterocycles. The first kappa shape index (κ1) is 12.7. The Balaban J connectivity index is 0.00000128. The van der Waals surface area contributed by atoms with Gasteiger partial charge in [0.1, 0.15) is 6.20 Å². The summed E-state index contributed by atoms with van der Waals surface area (Å²) in [7, 11) is 0. The number of aromatic nitrogens is 1. The molecule has 0 bridgehead atoms. The molecule has 2 rings (SSSR count). The smallest absolute Gasteiger partial charge is 0.336 e. The summed E-state index contributed by atoms with van der Waals surface area (Å²) in [6, 6.07) is 3.45. The van der Waals surface area contributed by atoms with Crippen LogP contribution in [0.1, 0.15) is 12.8 Å². The number of anilines is 2. The third-order valence-electron chi connectivity index (χ3n) is 2.32. The van der Waals surface area contributed by atoms with Crippen molar-refractivity contribution in [2.24, 2.45) is 0 Å². The second-order valence-corrected chi connectivity index (χ2v) is 3.53. The average Bonchev–Trinajstić information content (AvgIpc) is 2.74. The lowest BCUT2D eigenvalue weighted by molar-refractivity contribution is -0.359. The predicted octanol–water partition coefficient (Wildman–Crippen LogP) is -2.80. The quantitative estimate of drug-likeness (QED) is 0.589. The number of rotatable bonds is 2. The Morgan fingerprint density at radius 3 is 2.94 bits per heavy atom. The van der Waals surface area contributed by atoms with E-state index in [1.54, 1.807) is 18.3 Å². The van der Waals surface area contributed by atoms with Gasteiger partial charge in [-0.05, 0) is 18.9 Å². The standard InChI is InChI=1S/C10H13N3O2.ClH/c11-7-3-4-9(12-6-7)13-10(14)8-2-1-5-15-8;/h3-4,6,8H,1-2,5,11H2,(H,12,13,14);1H. The maximum absolute atomic E-state index is 11.6. The Bertz CT molecular complexity index is 350. The number of amides is 1. The highest BCUT2D eigenvalue weighted by Crippen LogP contribution is 2.13. The molecule has 88 valence electrons. The fraction of sp³-hybridized carbons (Fsp3) is 0.400. The van der Waals surface area contributed by atoms with Crippen LogP contribution in [0.5, 0.6) is 0 Å². The van der Waals surface area contributed by atoms with Crippen LogP contribution in [0.3, 0.4) is 0 Å². The van der Waals surface area contributed by atoms with E-state index in [0.29, 0.717) is 18.1 Å². The highest BCUT2D eigenvalue weighted by molar-refractivity contribution is 5.92. The highest BCUT2D eigenvalue weighted by atomic mass is 35.5. The van der Waals surface area contributed by atoms with Crippen LogP contribution < -0.4 is 28.4 Å². The molecule has 0 radical (unpaired) electrons. The first-order valence-electron chi connectivity index (χ1n) is 4.95. The number of aromatic amines is 1. The molecular weight excluding hydrogens is 230 g/mol. The first-order valence-corrected chi connectivity index (χ1v) is 4.95. The zero-order chi connectivity index (χ0) is 10.7. The predicted molar refractivity (Wildman–Crippen MR) is 55.0 cm³/mol. The van der Waals surface area contributed by atoms with E-state index < -0.39 is 0 Å². The van der Waals surface area contributed by atoms with Crippen LogP contribution in [-0.4, -0.2) is 18.6 Å². The molecule has 0 aromatic carbocycles. The van der Waals surface area contributed by atoms with E-state index in [9.17, 15) is 4.79 Å². The Hall–Kier alpha value is -1.33. The van der Waals surface area contributed by atoms with Crippen molar-refractivity contribution in [2.45, 2.75) is 18.9 Å². The summed E-state index contributed by atoms with van der Waals surface area (Å²) in [6.07, 6.45) is 3.06. The van der Waals surface area contributed by atoms with Crippen molar-refractivity contribution >= 4 is 17.4 Å². The minimum Gasteiger partial charge on any atom is -1.00 e. The third-order valence-corrected chi connectivity index (χ3v) is 2.32. The number of nitrogens with two attached hydrogens (primary N) is 1. The fourth-order valence-corrected chi connectivity index (χ4v) is 1.51. The number of H-pyrrole nitrogens is 1. The minimum absolute atomic E-state index is 0. The molecule has 0 spiro atoms. The normalized spacial score (nSPS) is 18.9. The number of carbonyl (C=O) groups excluding carboxylic acids is 1. The largest absolute Gasteiger partial charge is 1.00 e. The van der Waals surface area contributed by atoms with Gasteiger partial charge < -0.3 is 22.9 Å². The van der Waals surface area contributed by atoms with Gasteiger partial charge in [-0.3, -0.25) is 0 Å². The summed E-state index contributed by atoms with van der Waals surface area (Å²) in [5.74, 6) is 0.526. The van der Waals surface area contributed by atoms with Crippen molar-refractivity contribution < 1.29 is 26.9 Å². The van der Waals surface area contributed by atoms with E-state index in [4.69, 9.17) is 10.5 Å². The van der Waals surface area contributed by atoms with Crippen LogP contribution in [0.2, 0.25) is 0 Å². The van der Waals surface area contributed by atoms with Gasteiger partial charge in [-0.1, -0.05) is 0 Å². The van der Waals surface area contributed by atoms with Gasteiger partial charge in [0.15, 0.2) is 6.10 Å². The number of nitrogen functional groups attached to an aromatic ring is 1. The van der Waals surface area contributed by atoms with Gasteiger partial charge >= 0.3 is 5.91 Å². The summed E-state index contributed by atoms with van der Waals surface area (Å²) < 4.78 is 5.26. The lowest BCUT2D eigenvalue weighted by atomic mass is 10.2. The van der Waals surface area contributed by atoms with E-state index in [2.05, 4.69) is 10.3 Å². The molecule has 1 amide bonds. The second kappa shape index (κ2) is 5.67. The molecule has 1 fully saturated rings. The van der Waals surface area contributed by atoms with E-state index in [1.807, 2.05) is 0 Å². The van der Waals surface area contributed by atoms with Crippen LogP contribution in [0.15, 0.2) is 18.3 Å². The van der Waals surface area contributed by atoms with Gasteiger partial charge in [0.2, 0.25) is 0 Å². The molecule has 5 nitrogen and oxygen atoms in total. The van der Waals surface area contributed by atoms with Gasteiger partial charge in [-0.15, -0.1) is 0 Å². The van der Waals surface area contributed by atoms with Crippen LogP contribution in [0.25, 0.3) is 0 Å². The zero-order valence-electron chi connectivity index (χ0n) is 8.70. The Morgan fingerprint density at radius 2 is 2.38 bits per heavy atom. The maximum atomic E-state index is 11.6. The van der Waals surface area contributed by atoms with Crippen molar-refractivity contribution in [3.05, 3.63) is 18.3 Å². The lowest BCUT2D eigenvalue weighted by Crippen LogP contribution is -3.00. The number of ether oxygens (including phenoxy) is 1. The van der Waals surface area contributed by atoms with E-state index in [-0.39, 0.29) is 24.4 Å². The molecule has 1 aromatic rings. The molecule has 6 heteroatoms. The molecule has 1 atom stereocenters. The van der Waals surface area contributed by atoms with Gasteiger partial charge in [-0.2, -0.15) is 0 Å². The molecule has 0 aliphatic carbocycles. The maximum Gasteiger partial charge on any atom is 0.336 e. The molecule has 2 heterocycles. The number of carbonyl (C=O) groups is 1. The topological polar surface area (TPSA) is 78.5 Å². The van der Waals surface area contributed by atoms with Crippen LogP contribution in [-0.2, 0) is 9.53 Å². The number of nitrogens with one attached hydrogen (secondary N) is 2. The summed E-state index contributed by atoms with van der Waals surface area (Å²) >= 11 is 0. The van der Waals surface area contributed by atoms with Gasteiger partial charge in [0.05, 0.1) is 5.69 Å². The summed E-state index contributed by atoms with van der Waals surface area (Å²) in [5, 5.41) is 2.74. The lowest BCUT2D eigenvalue weighted by Gasteiger charge is -2.04. The number of hydrogen-bond donors (Lipinski definition) is 2. The van der Waals surface area contributed by atoms with E-state index in [1.165, 1.54) is 0 Å². The van der Waals surface area contributed by atoms with Crippen molar-refractivity contribution in [3.63, 3.8) is 0 Å². The fourth-order valence-electron chi connectivity index (χ4n) is 1.51. The Morgan fingerprint density at radius 1 is 1.56 bits per heavy atom.